The molecule has 31 heavy (non-hydrogen) atoms. The first kappa shape index (κ1) is 26.0. The second-order valence-corrected chi connectivity index (χ2v) is 13.6. The molecule has 1 aliphatic heterocycles. The highest BCUT2D eigenvalue weighted by atomic mass is 31.2. The number of allylic oxidation sites excluding steroid dienone is 1. The number of hydrogen-bond acceptors (Lipinski definition) is 8. The number of hydrogen-bond donors (Lipinski definition) is 2. The Morgan fingerprint density at radius 2 is 2.10 bits per heavy atom. The minimum absolute atomic E-state index is 0.00952. The molecule has 0 amide bonds. The predicted molar refractivity (Wildman–Crippen MR) is 123 cm³/mol. The van der Waals surface area contributed by atoms with Crippen molar-refractivity contribution in [2.75, 3.05) is 27.0 Å². The van der Waals surface area contributed by atoms with Gasteiger partial charge < -0.3 is 24.3 Å². The summed E-state index contributed by atoms with van der Waals surface area (Å²) in [7, 11) is -1.37. The molecule has 0 saturated heterocycles. The first-order valence-corrected chi connectivity index (χ1v) is 13.9. The molecule has 0 aromatic carbocycles. The van der Waals surface area contributed by atoms with Gasteiger partial charge in [-0.1, -0.05) is 32.6 Å². The fourth-order valence-electron chi connectivity index (χ4n) is 3.60. The molecule has 0 aromatic rings. The Kier molecular flexibility index (Phi) is 9.26. The third kappa shape index (κ3) is 6.85. The van der Waals surface area contributed by atoms with Crippen molar-refractivity contribution in [3.8, 4) is 0 Å². The smallest absolute Gasteiger partial charge is 0.381 e. The highest BCUT2D eigenvalue weighted by molar-refractivity contribution is 7.64. The topological polar surface area (TPSA) is 97.3 Å². The zero-order valence-corrected chi connectivity index (χ0v) is 20.8. The standard InChI is InChI=1S/C21H34N2O6P2/c1-14(2)31(7,26)13-17(10-19(27-5)18-12-20(18)30(25)29-24)11-21(28-6)23-9-8-15(3)22-16(23)4/h8-9,11,14,18-22H,3-4,10,12-13H2,1-2,5-7H3/p+1/b17-11+/t18?,19?,20?,21-,31?/m1/s1. The van der Waals surface area contributed by atoms with Gasteiger partial charge in [-0.25, -0.2) is 5.26 Å². The number of nitrogens with zero attached hydrogens (tertiary/aromatic N) is 1. The maximum atomic E-state index is 13.3. The second kappa shape index (κ2) is 11.0. The zero-order chi connectivity index (χ0) is 23.3. The molecule has 174 valence electrons. The predicted octanol–water partition coefficient (Wildman–Crippen LogP) is 4.72. The molecule has 2 N–H and O–H groups in total. The first-order chi connectivity index (χ1) is 14.5. The van der Waals surface area contributed by atoms with E-state index in [1.165, 1.54) is 0 Å². The van der Waals surface area contributed by atoms with Crippen LogP contribution in [0.5, 0.6) is 0 Å². The average Bonchev–Trinajstić information content (AvgIpc) is 3.50. The number of ether oxygens (including phenoxy) is 2. The molecule has 0 bridgehead atoms. The van der Waals surface area contributed by atoms with Crippen LogP contribution in [0.15, 0.2) is 48.6 Å². The van der Waals surface area contributed by atoms with Crippen LogP contribution in [-0.2, 0) is 23.3 Å². The summed E-state index contributed by atoms with van der Waals surface area (Å²) in [5.41, 5.74) is 1.48. The molecule has 10 heteroatoms. The summed E-state index contributed by atoms with van der Waals surface area (Å²) in [5, 5.41) is 11.8. The number of nitrogens with one attached hydrogen (secondary N) is 1. The van der Waals surface area contributed by atoms with Crippen LogP contribution in [0.1, 0.15) is 26.7 Å². The number of methoxy groups -OCH3 is 2. The molecule has 1 fully saturated rings. The van der Waals surface area contributed by atoms with Crippen LogP contribution in [0.3, 0.4) is 0 Å². The van der Waals surface area contributed by atoms with Crippen LogP contribution < -0.4 is 5.32 Å². The molecule has 5 unspecified atom stereocenters. The molecule has 2 rings (SSSR count). The Hall–Kier alpha value is -1.27. The van der Waals surface area contributed by atoms with Crippen molar-refractivity contribution >= 4 is 15.2 Å². The van der Waals surface area contributed by atoms with Crippen molar-refractivity contribution in [1.29, 1.82) is 0 Å². The molecular weight excluding hydrogens is 438 g/mol. The Balaban J connectivity index is 2.29. The van der Waals surface area contributed by atoms with Crippen LogP contribution >= 0.6 is 15.2 Å². The highest BCUT2D eigenvalue weighted by Crippen LogP contribution is 2.54. The summed E-state index contributed by atoms with van der Waals surface area (Å²) in [5.74, 6) is 0.636. The Bertz CT molecular complexity index is 810. The quantitative estimate of drug-likeness (QED) is 0.182. The van der Waals surface area contributed by atoms with Gasteiger partial charge in [-0.15, -0.1) is 0 Å². The molecule has 1 aliphatic carbocycles. The van der Waals surface area contributed by atoms with Gasteiger partial charge in [0.2, 0.25) is 0 Å². The summed E-state index contributed by atoms with van der Waals surface area (Å²) >= 11 is 0. The van der Waals surface area contributed by atoms with Crippen molar-refractivity contribution < 1.29 is 28.5 Å². The molecule has 0 spiro atoms. The average molecular weight is 473 g/mol. The molecule has 0 aromatic heterocycles. The summed E-state index contributed by atoms with van der Waals surface area (Å²) < 4.78 is 40.5. The third-order valence-corrected chi connectivity index (χ3v) is 10.5. The van der Waals surface area contributed by atoms with Gasteiger partial charge in [-0.2, -0.15) is 0 Å². The Morgan fingerprint density at radius 1 is 1.42 bits per heavy atom. The minimum atomic E-state index is -2.46. The maximum Gasteiger partial charge on any atom is 0.542 e. The van der Waals surface area contributed by atoms with Crippen molar-refractivity contribution in [1.82, 2.24) is 10.2 Å². The van der Waals surface area contributed by atoms with Crippen molar-refractivity contribution in [3.05, 3.63) is 48.6 Å². The third-order valence-electron chi connectivity index (χ3n) is 5.96. The largest absolute Gasteiger partial charge is 0.542 e. The fraction of sp³-hybridized carbons (Fsp3) is 0.619. The van der Waals surface area contributed by atoms with Gasteiger partial charge in [0.15, 0.2) is 11.9 Å². The summed E-state index contributed by atoms with van der Waals surface area (Å²) in [6, 6.07) is 0. The van der Waals surface area contributed by atoms with E-state index in [2.05, 4.69) is 23.1 Å². The van der Waals surface area contributed by atoms with Crippen molar-refractivity contribution in [2.24, 2.45) is 5.92 Å². The maximum absolute atomic E-state index is 13.3. The van der Waals surface area contributed by atoms with E-state index in [9.17, 15) is 9.13 Å². The van der Waals surface area contributed by atoms with Crippen LogP contribution in [0.2, 0.25) is 0 Å². The highest BCUT2D eigenvalue weighted by Gasteiger charge is 2.58. The first-order valence-electron chi connectivity index (χ1n) is 10.2. The fourth-order valence-corrected chi connectivity index (χ4v) is 6.04. The Labute approximate surface area is 186 Å². The Morgan fingerprint density at radius 3 is 2.61 bits per heavy atom. The van der Waals surface area contributed by atoms with Crippen LogP contribution in [0, 0.1) is 5.92 Å². The lowest BCUT2D eigenvalue weighted by atomic mass is 10.0. The van der Waals surface area contributed by atoms with E-state index in [0.29, 0.717) is 24.8 Å². The monoisotopic (exact) mass is 473 g/mol. The zero-order valence-electron chi connectivity index (χ0n) is 19.0. The van der Waals surface area contributed by atoms with Crippen LogP contribution in [0.25, 0.3) is 0 Å². The van der Waals surface area contributed by atoms with E-state index in [-0.39, 0.29) is 23.3 Å². The molecule has 1 saturated carbocycles. The molecule has 1 heterocycles. The molecule has 8 nitrogen and oxygen atoms in total. The van der Waals surface area contributed by atoms with Crippen molar-refractivity contribution in [2.45, 2.75) is 50.3 Å². The lowest BCUT2D eigenvalue weighted by molar-refractivity contribution is -0.130. The van der Waals surface area contributed by atoms with E-state index in [1.807, 2.05) is 43.8 Å². The van der Waals surface area contributed by atoms with Gasteiger partial charge in [0, 0.05) is 55.0 Å². The second-order valence-electron chi connectivity index (χ2n) is 8.51. The lowest BCUT2D eigenvalue weighted by Gasteiger charge is -2.33. The normalized spacial score (nSPS) is 25.8. The van der Waals surface area contributed by atoms with Gasteiger partial charge in [0.05, 0.1) is 13.2 Å². The molecule has 2 aliphatic rings. The minimum Gasteiger partial charge on any atom is -0.381 e. The van der Waals surface area contributed by atoms with E-state index < -0.39 is 21.4 Å². The van der Waals surface area contributed by atoms with E-state index in [4.69, 9.17) is 14.7 Å². The molecular formula is C21H35N2O6P2+. The van der Waals surface area contributed by atoms with E-state index in [0.717, 1.165) is 11.3 Å². The SMILES string of the molecule is C=C1C=CN([C@@H](/C=C(\CC(OC)C2CC2[P+](=O)OO)CP(C)(=O)C(C)C)OC)C(=C)N1. The van der Waals surface area contributed by atoms with Gasteiger partial charge >= 0.3 is 8.03 Å². The summed E-state index contributed by atoms with van der Waals surface area (Å²) in [6.07, 6.45) is 6.52. The van der Waals surface area contributed by atoms with Gasteiger partial charge in [-0.3, -0.25) is 0 Å². The molecule has 6 atom stereocenters. The molecule has 0 radical (unpaired) electrons. The van der Waals surface area contributed by atoms with Crippen molar-refractivity contribution in [3.63, 3.8) is 0 Å². The van der Waals surface area contributed by atoms with Crippen LogP contribution in [0.4, 0.5) is 0 Å². The van der Waals surface area contributed by atoms with E-state index in [1.54, 1.807) is 14.2 Å². The van der Waals surface area contributed by atoms with Gasteiger partial charge in [0.25, 0.3) is 0 Å². The van der Waals surface area contributed by atoms with E-state index >= 15 is 0 Å². The summed E-state index contributed by atoms with van der Waals surface area (Å²) in [4.78, 5) is 1.84. The lowest BCUT2D eigenvalue weighted by Crippen LogP contribution is -2.38. The van der Waals surface area contributed by atoms with Gasteiger partial charge in [-0.05, 0) is 29.8 Å². The number of rotatable bonds is 12. The van der Waals surface area contributed by atoms with Crippen LogP contribution in [-0.4, -0.2) is 60.9 Å². The summed E-state index contributed by atoms with van der Waals surface area (Å²) in [6.45, 7) is 13.6. The van der Waals surface area contributed by atoms with Gasteiger partial charge in [0.1, 0.15) is 5.82 Å².